The lowest BCUT2D eigenvalue weighted by Crippen LogP contribution is -2.46. The molecule has 0 bridgehead atoms. The first-order valence-corrected chi connectivity index (χ1v) is 11.6. The van der Waals surface area contributed by atoms with Crippen LogP contribution < -0.4 is 5.73 Å². The van der Waals surface area contributed by atoms with Crippen LogP contribution in [-0.2, 0) is 11.3 Å². The third-order valence-corrected chi connectivity index (χ3v) is 7.51. The summed E-state index contributed by atoms with van der Waals surface area (Å²) in [7, 11) is 0. The number of rotatable bonds is 5. The van der Waals surface area contributed by atoms with E-state index in [1.165, 1.54) is 16.5 Å². The fourth-order valence-electron chi connectivity index (χ4n) is 5.02. The van der Waals surface area contributed by atoms with E-state index in [0.717, 1.165) is 69.9 Å². The van der Waals surface area contributed by atoms with Crippen LogP contribution in [0, 0.1) is 5.92 Å². The summed E-state index contributed by atoms with van der Waals surface area (Å²) in [5.74, 6) is 1.04. The van der Waals surface area contributed by atoms with Crippen molar-refractivity contribution in [2.45, 2.75) is 51.1 Å². The summed E-state index contributed by atoms with van der Waals surface area (Å²) in [5, 5.41) is 5.79. The highest BCUT2D eigenvalue weighted by Gasteiger charge is 2.34. The first kappa shape index (κ1) is 20.7. The van der Waals surface area contributed by atoms with Gasteiger partial charge in [0.05, 0.1) is 26.0 Å². The molecule has 0 spiro atoms. The SMILES string of the molecule is CC1CC(c2cnc3[nH]cc(-c4cnn(CCN5CCOCC5)c4)c3c2)CCC1(C)N. The van der Waals surface area contributed by atoms with Crippen molar-refractivity contribution >= 4 is 11.0 Å². The minimum absolute atomic E-state index is 0.0525. The summed E-state index contributed by atoms with van der Waals surface area (Å²) >= 11 is 0. The van der Waals surface area contributed by atoms with E-state index in [4.69, 9.17) is 15.5 Å². The number of pyridine rings is 1. The van der Waals surface area contributed by atoms with Gasteiger partial charge in [-0.25, -0.2) is 4.98 Å². The van der Waals surface area contributed by atoms with Crippen LogP contribution in [0.15, 0.2) is 30.9 Å². The first-order chi connectivity index (χ1) is 15.0. The lowest BCUT2D eigenvalue weighted by molar-refractivity contribution is 0.0360. The smallest absolute Gasteiger partial charge is 0.137 e. The van der Waals surface area contributed by atoms with Crippen LogP contribution in [0.1, 0.15) is 44.6 Å². The van der Waals surface area contributed by atoms with Crippen molar-refractivity contribution < 1.29 is 4.74 Å². The second-order valence-corrected chi connectivity index (χ2v) is 9.69. The van der Waals surface area contributed by atoms with Crippen LogP contribution in [0.25, 0.3) is 22.2 Å². The molecule has 4 heterocycles. The number of aromatic amines is 1. The largest absolute Gasteiger partial charge is 0.379 e. The van der Waals surface area contributed by atoms with E-state index in [9.17, 15) is 0 Å². The zero-order valence-electron chi connectivity index (χ0n) is 18.7. The summed E-state index contributed by atoms with van der Waals surface area (Å²) in [6.45, 7) is 10.1. The highest BCUT2D eigenvalue weighted by atomic mass is 16.5. The summed E-state index contributed by atoms with van der Waals surface area (Å²) in [6, 6.07) is 2.33. The number of hydrogen-bond acceptors (Lipinski definition) is 5. The maximum Gasteiger partial charge on any atom is 0.137 e. The van der Waals surface area contributed by atoms with Gasteiger partial charge in [0, 0.05) is 60.3 Å². The number of hydrogen-bond donors (Lipinski definition) is 2. The van der Waals surface area contributed by atoms with Crippen molar-refractivity contribution in [2.75, 3.05) is 32.8 Å². The zero-order chi connectivity index (χ0) is 21.4. The molecule has 7 nitrogen and oxygen atoms in total. The van der Waals surface area contributed by atoms with Gasteiger partial charge in [-0.05, 0) is 49.7 Å². The maximum atomic E-state index is 6.47. The van der Waals surface area contributed by atoms with Gasteiger partial charge in [0.2, 0.25) is 0 Å². The summed E-state index contributed by atoms with van der Waals surface area (Å²) in [4.78, 5) is 10.5. The van der Waals surface area contributed by atoms with E-state index in [2.05, 4.69) is 47.3 Å². The summed E-state index contributed by atoms with van der Waals surface area (Å²) in [5.41, 5.74) is 11.0. The van der Waals surface area contributed by atoms with E-state index in [-0.39, 0.29) is 5.54 Å². The molecule has 1 saturated carbocycles. The number of aromatic nitrogens is 4. The third kappa shape index (κ3) is 4.27. The Morgan fingerprint density at radius 3 is 2.90 bits per heavy atom. The van der Waals surface area contributed by atoms with Gasteiger partial charge in [-0.15, -0.1) is 0 Å². The van der Waals surface area contributed by atoms with Crippen molar-refractivity contribution in [2.24, 2.45) is 11.7 Å². The second-order valence-electron chi connectivity index (χ2n) is 9.69. The molecule has 1 aliphatic heterocycles. The Morgan fingerprint density at radius 1 is 1.26 bits per heavy atom. The van der Waals surface area contributed by atoms with Gasteiger partial charge in [0.15, 0.2) is 0 Å². The zero-order valence-corrected chi connectivity index (χ0v) is 18.7. The number of nitrogens with one attached hydrogen (secondary N) is 1. The Hall–Kier alpha value is -2.22. The van der Waals surface area contributed by atoms with Crippen LogP contribution in [0.4, 0.5) is 0 Å². The molecule has 2 fully saturated rings. The molecule has 166 valence electrons. The number of ether oxygens (including phenoxy) is 1. The normalized spacial score (nSPS) is 27.7. The molecule has 3 N–H and O–H groups in total. The van der Waals surface area contributed by atoms with Gasteiger partial charge in [-0.2, -0.15) is 5.10 Å². The standard InChI is InChI=1S/C24H34N6O/c1-17-11-18(3-4-24(17,2)25)19-12-21-22(15-27-23(21)26-13-19)20-14-28-30(16-20)6-5-29-7-9-31-10-8-29/h12-18H,3-11,25H2,1-2H3,(H,26,27). The van der Waals surface area contributed by atoms with Crippen molar-refractivity contribution in [1.82, 2.24) is 24.6 Å². The quantitative estimate of drug-likeness (QED) is 0.658. The Kier molecular flexibility index (Phi) is 5.58. The highest BCUT2D eigenvalue weighted by Crippen LogP contribution is 2.41. The molecule has 3 unspecified atom stereocenters. The molecular weight excluding hydrogens is 388 g/mol. The summed E-state index contributed by atoms with van der Waals surface area (Å²) < 4.78 is 7.48. The Bertz CT molecular complexity index is 1030. The predicted octanol–water partition coefficient (Wildman–Crippen LogP) is 3.38. The van der Waals surface area contributed by atoms with Crippen molar-refractivity contribution in [3.63, 3.8) is 0 Å². The second kappa shape index (κ2) is 8.37. The molecule has 1 aliphatic carbocycles. The lowest BCUT2D eigenvalue weighted by atomic mass is 9.69. The van der Waals surface area contributed by atoms with Gasteiger partial charge in [0.25, 0.3) is 0 Å². The predicted molar refractivity (Wildman–Crippen MR) is 123 cm³/mol. The van der Waals surface area contributed by atoms with Gasteiger partial charge in [-0.1, -0.05) is 6.92 Å². The Balaban J connectivity index is 1.34. The molecule has 5 rings (SSSR count). The van der Waals surface area contributed by atoms with Crippen LogP contribution >= 0.6 is 0 Å². The van der Waals surface area contributed by atoms with E-state index >= 15 is 0 Å². The van der Waals surface area contributed by atoms with Crippen LogP contribution in [0.2, 0.25) is 0 Å². The van der Waals surface area contributed by atoms with Crippen LogP contribution in [0.5, 0.6) is 0 Å². The highest BCUT2D eigenvalue weighted by molar-refractivity contribution is 5.93. The number of H-pyrrole nitrogens is 1. The van der Waals surface area contributed by atoms with Crippen LogP contribution in [-0.4, -0.2) is 63.0 Å². The van der Waals surface area contributed by atoms with Gasteiger partial charge in [0.1, 0.15) is 5.65 Å². The average Bonchev–Trinajstić information content (AvgIpc) is 3.41. The molecule has 0 aromatic carbocycles. The number of fused-ring (bicyclic) bond motifs is 1. The average molecular weight is 423 g/mol. The monoisotopic (exact) mass is 422 g/mol. The maximum absolute atomic E-state index is 6.47. The van der Waals surface area contributed by atoms with E-state index < -0.39 is 0 Å². The molecule has 3 aromatic heterocycles. The molecule has 3 aromatic rings. The van der Waals surface area contributed by atoms with Gasteiger partial charge in [-0.3, -0.25) is 9.58 Å². The van der Waals surface area contributed by atoms with Crippen LogP contribution in [0.3, 0.4) is 0 Å². The minimum Gasteiger partial charge on any atom is -0.379 e. The fourth-order valence-corrected chi connectivity index (χ4v) is 5.02. The molecule has 1 saturated heterocycles. The Labute approximate surface area is 184 Å². The van der Waals surface area contributed by atoms with Crippen molar-refractivity contribution in [3.8, 4) is 11.1 Å². The summed E-state index contributed by atoms with van der Waals surface area (Å²) in [6.07, 6.45) is 11.5. The van der Waals surface area contributed by atoms with E-state index in [1.807, 2.05) is 17.1 Å². The van der Waals surface area contributed by atoms with Crippen molar-refractivity contribution in [3.05, 3.63) is 36.4 Å². The third-order valence-electron chi connectivity index (χ3n) is 7.51. The van der Waals surface area contributed by atoms with Gasteiger partial charge >= 0.3 is 0 Å². The van der Waals surface area contributed by atoms with Gasteiger partial charge < -0.3 is 15.5 Å². The first-order valence-electron chi connectivity index (χ1n) is 11.6. The molecule has 31 heavy (non-hydrogen) atoms. The minimum atomic E-state index is -0.0525. The molecule has 3 atom stereocenters. The molecule has 7 heteroatoms. The van der Waals surface area contributed by atoms with Crippen molar-refractivity contribution in [1.29, 1.82) is 0 Å². The molecule has 2 aliphatic rings. The lowest BCUT2D eigenvalue weighted by Gasteiger charge is -2.40. The number of morpholine rings is 1. The molecule has 0 amide bonds. The van der Waals surface area contributed by atoms with E-state index in [0.29, 0.717) is 11.8 Å². The number of nitrogens with zero attached hydrogens (tertiary/aromatic N) is 4. The molecule has 0 radical (unpaired) electrons. The Morgan fingerprint density at radius 2 is 2.10 bits per heavy atom. The van der Waals surface area contributed by atoms with E-state index in [1.54, 1.807) is 0 Å². The topological polar surface area (TPSA) is 85.0 Å². The number of nitrogens with two attached hydrogens (primary N) is 1. The fraction of sp³-hybridized carbons (Fsp3) is 0.583. The molecular formula is C24H34N6O.